The molecule has 23 heavy (non-hydrogen) atoms. The number of benzene rings is 1. The summed E-state index contributed by atoms with van der Waals surface area (Å²) >= 11 is 0. The van der Waals surface area contributed by atoms with Gasteiger partial charge in [-0.1, -0.05) is 29.8 Å². The second-order valence-electron chi connectivity index (χ2n) is 8.24. The molecule has 0 radical (unpaired) electrons. The summed E-state index contributed by atoms with van der Waals surface area (Å²) in [6, 6.07) is 8.35. The van der Waals surface area contributed by atoms with Gasteiger partial charge in [0.25, 0.3) is 0 Å². The molecule has 1 atom stereocenters. The van der Waals surface area contributed by atoms with Crippen molar-refractivity contribution >= 4 is 0 Å². The summed E-state index contributed by atoms with van der Waals surface area (Å²) in [6.07, 6.45) is 3.19. The number of rotatable bonds is 6. The first-order valence-electron chi connectivity index (χ1n) is 8.80. The number of aliphatic hydroxyl groups is 1. The van der Waals surface area contributed by atoms with Crippen LogP contribution in [0.15, 0.2) is 24.3 Å². The summed E-state index contributed by atoms with van der Waals surface area (Å²) in [6.45, 7) is 12.8. The number of nitrogens with zero attached hydrogens (tertiary/aromatic N) is 1. The second kappa shape index (κ2) is 7.33. The molecule has 1 fully saturated rings. The summed E-state index contributed by atoms with van der Waals surface area (Å²) in [5.74, 6) is 0. The predicted molar refractivity (Wildman–Crippen MR) is 95.6 cm³/mol. The Morgan fingerprint density at radius 2 is 1.65 bits per heavy atom. The van der Waals surface area contributed by atoms with Crippen LogP contribution in [0.5, 0.6) is 0 Å². The highest BCUT2D eigenvalue weighted by Gasteiger charge is 2.41. The number of aryl methyl sites for hydroxylation is 1. The average molecular weight is 319 g/mol. The van der Waals surface area contributed by atoms with E-state index in [0.717, 1.165) is 5.56 Å². The minimum absolute atomic E-state index is 0.139. The molecular weight excluding hydrogens is 286 g/mol. The topological polar surface area (TPSA) is 32.7 Å². The van der Waals surface area contributed by atoms with E-state index in [4.69, 9.17) is 4.74 Å². The van der Waals surface area contributed by atoms with Crippen LogP contribution in [0.3, 0.4) is 0 Å². The molecule has 1 unspecified atom stereocenters. The minimum atomic E-state index is -0.447. The van der Waals surface area contributed by atoms with Crippen molar-refractivity contribution in [2.45, 2.75) is 77.7 Å². The van der Waals surface area contributed by atoms with Gasteiger partial charge in [0.15, 0.2) is 0 Å². The predicted octanol–water partition coefficient (Wildman–Crippen LogP) is 3.92. The highest BCUT2D eigenvalue weighted by molar-refractivity contribution is 5.20. The first-order chi connectivity index (χ1) is 10.7. The van der Waals surface area contributed by atoms with Crippen molar-refractivity contribution < 1.29 is 9.84 Å². The molecule has 1 heterocycles. The first kappa shape index (κ1) is 18.4. The molecule has 0 amide bonds. The lowest BCUT2D eigenvalue weighted by atomic mass is 9.79. The number of hydrogen-bond donors (Lipinski definition) is 1. The molecule has 3 heteroatoms. The van der Waals surface area contributed by atoms with Crippen molar-refractivity contribution in [1.82, 2.24) is 4.90 Å². The van der Waals surface area contributed by atoms with E-state index < -0.39 is 6.10 Å². The summed E-state index contributed by atoms with van der Waals surface area (Å²) in [4.78, 5) is 2.46. The molecule has 1 aromatic rings. The van der Waals surface area contributed by atoms with Crippen LogP contribution in [0.1, 0.15) is 58.1 Å². The fourth-order valence-corrected chi connectivity index (χ4v) is 3.80. The van der Waals surface area contributed by atoms with E-state index in [9.17, 15) is 5.11 Å². The number of ether oxygens (including phenoxy) is 1. The maximum Gasteiger partial charge on any atom is 0.0900 e. The molecule has 1 aliphatic rings. The van der Waals surface area contributed by atoms with Gasteiger partial charge in [0, 0.05) is 17.6 Å². The van der Waals surface area contributed by atoms with Gasteiger partial charge in [-0.15, -0.1) is 0 Å². The minimum Gasteiger partial charge on any atom is -0.389 e. The normalized spacial score (nSPS) is 22.0. The Balaban J connectivity index is 1.83. The number of piperidine rings is 1. The molecule has 1 aliphatic heterocycles. The zero-order valence-electron chi connectivity index (χ0n) is 15.4. The smallest absolute Gasteiger partial charge is 0.0900 e. The molecule has 1 saturated heterocycles. The Morgan fingerprint density at radius 1 is 1.09 bits per heavy atom. The van der Waals surface area contributed by atoms with Crippen LogP contribution in [0.2, 0.25) is 0 Å². The van der Waals surface area contributed by atoms with Crippen molar-refractivity contribution in [2.75, 3.05) is 13.2 Å². The number of β-amino-alcohol motifs (C(OH)–C–C–N with tert-alkyl or cyclic N) is 1. The van der Waals surface area contributed by atoms with Crippen LogP contribution in [-0.4, -0.2) is 40.3 Å². The van der Waals surface area contributed by atoms with Gasteiger partial charge in [-0.05, 0) is 59.4 Å². The van der Waals surface area contributed by atoms with E-state index in [1.54, 1.807) is 0 Å². The van der Waals surface area contributed by atoms with E-state index in [1.807, 2.05) is 0 Å². The van der Waals surface area contributed by atoms with E-state index in [0.29, 0.717) is 19.8 Å². The lowest BCUT2D eigenvalue weighted by Gasteiger charge is -2.53. The molecule has 1 N–H and O–H groups in total. The molecule has 130 valence electrons. The molecule has 0 aromatic heterocycles. The first-order valence-corrected chi connectivity index (χ1v) is 8.80. The average Bonchev–Trinajstić information content (AvgIpc) is 2.45. The zero-order valence-corrected chi connectivity index (χ0v) is 15.4. The highest BCUT2D eigenvalue weighted by Crippen LogP contribution is 2.38. The number of hydrogen-bond acceptors (Lipinski definition) is 3. The molecular formula is C20H33NO2. The highest BCUT2D eigenvalue weighted by atomic mass is 16.5. The number of likely N-dealkylation sites (tertiary alicyclic amines) is 1. The third-order valence-corrected chi connectivity index (χ3v) is 5.13. The quantitative estimate of drug-likeness (QED) is 0.863. The zero-order chi connectivity index (χ0) is 17.1. The van der Waals surface area contributed by atoms with Crippen LogP contribution in [-0.2, 0) is 11.3 Å². The van der Waals surface area contributed by atoms with E-state index in [2.05, 4.69) is 63.8 Å². The molecule has 0 saturated carbocycles. The van der Waals surface area contributed by atoms with Gasteiger partial charge >= 0.3 is 0 Å². The second-order valence-corrected chi connectivity index (χ2v) is 8.24. The van der Waals surface area contributed by atoms with Crippen LogP contribution in [0.4, 0.5) is 0 Å². The van der Waals surface area contributed by atoms with Gasteiger partial charge in [0.2, 0.25) is 0 Å². The Kier molecular flexibility index (Phi) is 5.88. The van der Waals surface area contributed by atoms with Crippen molar-refractivity contribution in [3.63, 3.8) is 0 Å². The van der Waals surface area contributed by atoms with Crippen LogP contribution < -0.4 is 0 Å². The summed E-state index contributed by atoms with van der Waals surface area (Å²) < 4.78 is 5.72. The summed E-state index contributed by atoms with van der Waals surface area (Å²) in [5, 5.41) is 10.4. The lowest BCUT2D eigenvalue weighted by Crippen LogP contribution is -2.60. The molecule has 3 nitrogen and oxygen atoms in total. The van der Waals surface area contributed by atoms with Crippen molar-refractivity contribution in [3.05, 3.63) is 35.4 Å². The number of aliphatic hydroxyl groups excluding tert-OH is 1. The van der Waals surface area contributed by atoms with Crippen LogP contribution >= 0.6 is 0 Å². The Bertz CT molecular complexity index is 477. The van der Waals surface area contributed by atoms with Gasteiger partial charge in [0.1, 0.15) is 0 Å². The molecule has 0 bridgehead atoms. The molecule has 2 rings (SSSR count). The van der Waals surface area contributed by atoms with Crippen LogP contribution in [0.25, 0.3) is 0 Å². The van der Waals surface area contributed by atoms with E-state index >= 15 is 0 Å². The monoisotopic (exact) mass is 319 g/mol. The van der Waals surface area contributed by atoms with Crippen molar-refractivity contribution in [3.8, 4) is 0 Å². The Labute approximate surface area is 141 Å². The van der Waals surface area contributed by atoms with Crippen molar-refractivity contribution in [2.24, 2.45) is 0 Å². The van der Waals surface area contributed by atoms with E-state index in [-0.39, 0.29) is 11.1 Å². The fraction of sp³-hybridized carbons (Fsp3) is 0.700. The molecule has 1 aromatic carbocycles. The third kappa shape index (κ3) is 5.03. The van der Waals surface area contributed by atoms with Gasteiger partial charge in [-0.3, -0.25) is 4.90 Å². The summed E-state index contributed by atoms with van der Waals surface area (Å²) in [7, 11) is 0. The van der Waals surface area contributed by atoms with Gasteiger partial charge in [-0.25, -0.2) is 0 Å². The van der Waals surface area contributed by atoms with Crippen molar-refractivity contribution in [1.29, 1.82) is 0 Å². The maximum absolute atomic E-state index is 10.4. The lowest BCUT2D eigenvalue weighted by molar-refractivity contribution is -0.0714. The van der Waals surface area contributed by atoms with E-state index in [1.165, 1.54) is 24.8 Å². The Morgan fingerprint density at radius 3 is 2.22 bits per heavy atom. The molecule has 0 spiro atoms. The fourth-order valence-electron chi connectivity index (χ4n) is 3.80. The largest absolute Gasteiger partial charge is 0.389 e. The standard InChI is InChI=1S/C20H33NO2/c1-16-7-9-17(10-8-16)14-23-15-18(22)13-21-19(2,3)11-6-12-20(21,4)5/h7-10,18,22H,6,11-15H2,1-5H3. The Hall–Kier alpha value is -0.900. The third-order valence-electron chi connectivity index (χ3n) is 5.13. The maximum atomic E-state index is 10.4. The summed E-state index contributed by atoms with van der Waals surface area (Å²) in [5.41, 5.74) is 2.68. The van der Waals surface area contributed by atoms with Crippen LogP contribution in [0, 0.1) is 6.92 Å². The SMILES string of the molecule is Cc1ccc(COCC(O)CN2C(C)(C)CCCC2(C)C)cc1. The van der Waals surface area contributed by atoms with Gasteiger partial charge in [-0.2, -0.15) is 0 Å². The van der Waals surface area contributed by atoms with Gasteiger partial charge < -0.3 is 9.84 Å². The van der Waals surface area contributed by atoms with Gasteiger partial charge in [0.05, 0.1) is 19.3 Å². The molecule has 0 aliphatic carbocycles.